The molecule has 1 aliphatic rings. The van der Waals surface area contributed by atoms with Gasteiger partial charge in [-0.2, -0.15) is 0 Å². The maximum atomic E-state index is 11.9. The molecule has 1 saturated heterocycles. The van der Waals surface area contributed by atoms with Crippen molar-refractivity contribution in [1.82, 2.24) is 4.90 Å². The molecule has 1 aliphatic heterocycles. The van der Waals surface area contributed by atoms with Gasteiger partial charge in [-0.1, -0.05) is 11.6 Å². The van der Waals surface area contributed by atoms with Crippen molar-refractivity contribution < 1.29 is 19.1 Å². The van der Waals surface area contributed by atoms with Crippen molar-refractivity contribution in [3.63, 3.8) is 0 Å². The fraction of sp³-hybridized carbons (Fsp3) is 0.385. The molecule has 1 aromatic rings. The molecule has 0 aromatic heterocycles. The summed E-state index contributed by atoms with van der Waals surface area (Å²) < 4.78 is 10.5. The first kappa shape index (κ1) is 13.8. The van der Waals surface area contributed by atoms with E-state index in [2.05, 4.69) is 0 Å². The SMILES string of the molecule is O=Cc1cc(Cl)ccc1OCC(=O)N1CCOCC1. The molecular formula is C13H14ClNO4. The van der Waals surface area contributed by atoms with Crippen LogP contribution in [-0.4, -0.2) is 50.0 Å². The minimum absolute atomic E-state index is 0.0948. The number of ether oxygens (including phenoxy) is 2. The zero-order valence-corrected chi connectivity index (χ0v) is 11.1. The van der Waals surface area contributed by atoms with Crippen molar-refractivity contribution in [3.05, 3.63) is 28.8 Å². The van der Waals surface area contributed by atoms with Crippen LogP contribution in [0.4, 0.5) is 0 Å². The Morgan fingerprint density at radius 3 is 2.84 bits per heavy atom. The summed E-state index contributed by atoms with van der Waals surface area (Å²) >= 11 is 5.78. The Balaban J connectivity index is 1.94. The Kier molecular flexibility index (Phi) is 4.76. The number of rotatable bonds is 4. The van der Waals surface area contributed by atoms with E-state index in [-0.39, 0.29) is 12.5 Å². The van der Waals surface area contributed by atoms with Crippen LogP contribution in [0.1, 0.15) is 10.4 Å². The largest absolute Gasteiger partial charge is 0.483 e. The number of nitrogens with zero attached hydrogens (tertiary/aromatic N) is 1. The van der Waals surface area contributed by atoms with Gasteiger partial charge in [-0.05, 0) is 18.2 Å². The number of benzene rings is 1. The van der Waals surface area contributed by atoms with E-state index in [4.69, 9.17) is 21.1 Å². The molecule has 0 atom stereocenters. The molecule has 0 spiro atoms. The molecule has 0 saturated carbocycles. The fourth-order valence-electron chi connectivity index (χ4n) is 1.79. The van der Waals surface area contributed by atoms with Crippen LogP contribution in [-0.2, 0) is 9.53 Å². The lowest BCUT2D eigenvalue weighted by Crippen LogP contribution is -2.43. The average Bonchev–Trinajstić information content (AvgIpc) is 2.46. The lowest BCUT2D eigenvalue weighted by atomic mass is 10.2. The second-order valence-electron chi connectivity index (χ2n) is 4.08. The molecule has 0 aliphatic carbocycles. The summed E-state index contributed by atoms with van der Waals surface area (Å²) in [5.74, 6) is 0.246. The summed E-state index contributed by atoms with van der Waals surface area (Å²) in [5, 5.41) is 0.453. The minimum atomic E-state index is -0.116. The van der Waals surface area contributed by atoms with Crippen molar-refractivity contribution in [1.29, 1.82) is 0 Å². The minimum Gasteiger partial charge on any atom is -0.483 e. The molecular weight excluding hydrogens is 270 g/mol. The number of hydrogen-bond acceptors (Lipinski definition) is 4. The second-order valence-corrected chi connectivity index (χ2v) is 4.52. The van der Waals surface area contributed by atoms with E-state index >= 15 is 0 Å². The smallest absolute Gasteiger partial charge is 0.260 e. The molecule has 1 heterocycles. The van der Waals surface area contributed by atoms with Crippen molar-refractivity contribution >= 4 is 23.8 Å². The predicted molar refractivity (Wildman–Crippen MR) is 69.7 cm³/mol. The highest BCUT2D eigenvalue weighted by Crippen LogP contribution is 2.21. The van der Waals surface area contributed by atoms with Crippen LogP contribution in [0.5, 0.6) is 5.75 Å². The number of morpholine rings is 1. The van der Waals surface area contributed by atoms with Crippen LogP contribution in [0.2, 0.25) is 5.02 Å². The van der Waals surface area contributed by atoms with Gasteiger partial charge in [-0.25, -0.2) is 0 Å². The molecule has 102 valence electrons. The third kappa shape index (κ3) is 3.68. The fourth-order valence-corrected chi connectivity index (χ4v) is 1.97. The van der Waals surface area contributed by atoms with E-state index < -0.39 is 0 Å². The molecule has 0 N–H and O–H groups in total. The first-order valence-electron chi connectivity index (χ1n) is 5.94. The Hall–Kier alpha value is -1.59. The van der Waals surface area contributed by atoms with E-state index in [9.17, 15) is 9.59 Å². The molecule has 6 heteroatoms. The summed E-state index contributed by atoms with van der Waals surface area (Å²) in [5.41, 5.74) is 0.335. The maximum Gasteiger partial charge on any atom is 0.260 e. The van der Waals surface area contributed by atoms with E-state index in [0.29, 0.717) is 48.9 Å². The standard InChI is InChI=1S/C13H14ClNO4/c14-11-1-2-12(10(7-11)8-16)19-9-13(17)15-3-5-18-6-4-15/h1-2,7-8H,3-6,9H2. The quantitative estimate of drug-likeness (QED) is 0.784. The zero-order chi connectivity index (χ0) is 13.7. The third-order valence-corrected chi connectivity index (χ3v) is 3.05. The molecule has 1 aromatic carbocycles. The molecule has 1 fully saturated rings. The number of halogens is 1. The van der Waals surface area contributed by atoms with Crippen LogP contribution in [0.3, 0.4) is 0 Å². The van der Waals surface area contributed by atoms with Gasteiger partial charge in [0.05, 0.1) is 18.8 Å². The Morgan fingerprint density at radius 1 is 1.42 bits per heavy atom. The lowest BCUT2D eigenvalue weighted by Gasteiger charge is -2.26. The first-order chi connectivity index (χ1) is 9.20. The Bertz CT molecular complexity index is 472. The average molecular weight is 284 g/mol. The second kappa shape index (κ2) is 6.54. The topological polar surface area (TPSA) is 55.8 Å². The van der Waals surface area contributed by atoms with Crippen molar-refractivity contribution in [2.24, 2.45) is 0 Å². The van der Waals surface area contributed by atoms with E-state index in [1.54, 1.807) is 17.0 Å². The van der Waals surface area contributed by atoms with Crippen molar-refractivity contribution in [3.8, 4) is 5.75 Å². The van der Waals surface area contributed by atoms with Crippen LogP contribution in [0.15, 0.2) is 18.2 Å². The zero-order valence-electron chi connectivity index (χ0n) is 10.3. The summed E-state index contributed by atoms with van der Waals surface area (Å²) in [4.78, 5) is 24.4. The highest BCUT2D eigenvalue weighted by Gasteiger charge is 2.17. The number of aldehydes is 1. The Morgan fingerprint density at radius 2 is 2.16 bits per heavy atom. The van der Waals surface area contributed by atoms with E-state index in [0.717, 1.165) is 0 Å². The molecule has 19 heavy (non-hydrogen) atoms. The maximum absolute atomic E-state index is 11.9. The highest BCUT2D eigenvalue weighted by atomic mass is 35.5. The normalized spacial score (nSPS) is 15.1. The van der Waals surface area contributed by atoms with Gasteiger partial charge >= 0.3 is 0 Å². The van der Waals surface area contributed by atoms with Crippen LogP contribution < -0.4 is 4.74 Å². The van der Waals surface area contributed by atoms with Gasteiger partial charge in [-0.3, -0.25) is 9.59 Å². The molecule has 1 amide bonds. The van der Waals surface area contributed by atoms with Gasteiger partial charge in [0.1, 0.15) is 5.75 Å². The number of carbonyl (C=O) groups excluding carboxylic acids is 2. The molecule has 0 unspecified atom stereocenters. The first-order valence-corrected chi connectivity index (χ1v) is 6.31. The predicted octanol–water partition coefficient (Wildman–Crippen LogP) is 1.39. The van der Waals surface area contributed by atoms with Crippen LogP contribution in [0, 0.1) is 0 Å². The molecule has 5 nitrogen and oxygen atoms in total. The van der Waals surface area contributed by atoms with Gasteiger partial charge in [0.25, 0.3) is 5.91 Å². The van der Waals surface area contributed by atoms with Crippen LogP contribution in [0.25, 0.3) is 0 Å². The number of hydrogen-bond donors (Lipinski definition) is 0. The number of carbonyl (C=O) groups is 2. The van der Waals surface area contributed by atoms with Gasteiger partial charge in [0.2, 0.25) is 0 Å². The molecule has 0 bridgehead atoms. The third-order valence-electron chi connectivity index (χ3n) is 2.81. The van der Waals surface area contributed by atoms with Gasteiger partial charge in [0.15, 0.2) is 12.9 Å². The van der Waals surface area contributed by atoms with Gasteiger partial charge in [-0.15, -0.1) is 0 Å². The molecule has 0 radical (unpaired) electrons. The summed E-state index contributed by atoms with van der Waals surface area (Å²) in [6.07, 6.45) is 0.653. The summed E-state index contributed by atoms with van der Waals surface area (Å²) in [6.45, 7) is 2.15. The molecule has 2 rings (SSSR count). The van der Waals surface area contributed by atoms with Gasteiger partial charge in [0, 0.05) is 18.1 Å². The lowest BCUT2D eigenvalue weighted by molar-refractivity contribution is -0.137. The monoisotopic (exact) mass is 283 g/mol. The summed E-state index contributed by atoms with van der Waals surface area (Å²) in [6, 6.07) is 4.70. The van der Waals surface area contributed by atoms with E-state index in [1.165, 1.54) is 6.07 Å². The summed E-state index contributed by atoms with van der Waals surface area (Å²) in [7, 11) is 0. The highest BCUT2D eigenvalue weighted by molar-refractivity contribution is 6.30. The van der Waals surface area contributed by atoms with Crippen molar-refractivity contribution in [2.75, 3.05) is 32.9 Å². The Labute approximate surface area is 116 Å². The van der Waals surface area contributed by atoms with Gasteiger partial charge < -0.3 is 14.4 Å². The number of amides is 1. The van der Waals surface area contributed by atoms with Crippen LogP contribution >= 0.6 is 11.6 Å². The van der Waals surface area contributed by atoms with E-state index in [1.807, 2.05) is 0 Å². The van der Waals surface area contributed by atoms with Crippen molar-refractivity contribution in [2.45, 2.75) is 0 Å².